The molecule has 3 nitrogen and oxygen atoms in total. The Bertz CT molecular complexity index is 3180. The van der Waals surface area contributed by atoms with Crippen LogP contribution in [0.15, 0.2) is 197 Å². The summed E-state index contributed by atoms with van der Waals surface area (Å²) in [5.74, 6) is 0. The van der Waals surface area contributed by atoms with E-state index in [-0.39, 0.29) is 0 Å². The summed E-state index contributed by atoms with van der Waals surface area (Å²) >= 11 is 0. The van der Waals surface area contributed by atoms with Gasteiger partial charge in [-0.2, -0.15) is 0 Å². The van der Waals surface area contributed by atoms with Gasteiger partial charge in [-0.3, -0.25) is 0 Å². The van der Waals surface area contributed by atoms with Crippen LogP contribution in [-0.4, -0.2) is 0 Å². The van der Waals surface area contributed by atoms with E-state index in [9.17, 15) is 0 Å². The van der Waals surface area contributed by atoms with Gasteiger partial charge in [0.15, 0.2) is 0 Å². The van der Waals surface area contributed by atoms with Gasteiger partial charge in [0.25, 0.3) is 0 Å². The van der Waals surface area contributed by atoms with E-state index in [1.165, 1.54) is 16.2 Å². The first-order valence-corrected chi connectivity index (χ1v) is 18.0. The van der Waals surface area contributed by atoms with Crippen LogP contribution in [0.4, 0.5) is 17.1 Å². The second-order valence-corrected chi connectivity index (χ2v) is 13.7. The molecule has 0 saturated heterocycles. The quantitative estimate of drug-likeness (QED) is 0.182. The van der Waals surface area contributed by atoms with Gasteiger partial charge in [-0.1, -0.05) is 127 Å². The standard InChI is InChI=1S/C50H31NO2/c1-3-15-39-33(10-1)12-8-19-45(39)51(37-26-22-32(23-27-37)35-25-29-47-44(31-35)42-17-5-6-20-46(42)52-47)38-14-7-13-36(30-38)40-18-9-21-48-49(40)43-28-24-34-11-2-4-16-41(34)50(43)53-48/h1-31H. The number of hydrogen-bond acceptors (Lipinski definition) is 3. The molecular formula is C50H31NO2. The monoisotopic (exact) mass is 677 g/mol. The van der Waals surface area contributed by atoms with Crippen molar-refractivity contribution >= 4 is 82.5 Å². The van der Waals surface area contributed by atoms with Crippen molar-refractivity contribution in [3.63, 3.8) is 0 Å². The third-order valence-electron chi connectivity index (χ3n) is 10.6. The zero-order valence-corrected chi connectivity index (χ0v) is 28.7. The minimum atomic E-state index is 0.891. The maximum Gasteiger partial charge on any atom is 0.143 e. The molecule has 0 unspecified atom stereocenters. The topological polar surface area (TPSA) is 29.5 Å². The Balaban J connectivity index is 1.06. The summed E-state index contributed by atoms with van der Waals surface area (Å²) in [5, 5.41) is 9.22. The van der Waals surface area contributed by atoms with Crippen molar-refractivity contribution in [2.24, 2.45) is 0 Å². The molecule has 0 atom stereocenters. The van der Waals surface area contributed by atoms with Crippen LogP contribution in [0, 0.1) is 0 Å². The maximum atomic E-state index is 6.56. The highest BCUT2D eigenvalue weighted by atomic mass is 16.3. The Morgan fingerprint density at radius 1 is 0.340 bits per heavy atom. The average molecular weight is 678 g/mol. The van der Waals surface area contributed by atoms with Crippen molar-refractivity contribution in [1.82, 2.24) is 0 Å². The lowest BCUT2D eigenvalue weighted by atomic mass is 9.97. The predicted octanol–water partition coefficient (Wildman–Crippen LogP) is 14.6. The van der Waals surface area contributed by atoms with Crippen molar-refractivity contribution in [3.8, 4) is 22.3 Å². The number of nitrogens with zero attached hydrogens (tertiary/aromatic N) is 1. The van der Waals surface area contributed by atoms with Crippen molar-refractivity contribution in [3.05, 3.63) is 188 Å². The Hall–Kier alpha value is -7.10. The Labute approximate surface area is 305 Å². The zero-order chi connectivity index (χ0) is 34.9. The molecule has 0 aliphatic heterocycles. The first-order valence-electron chi connectivity index (χ1n) is 18.0. The van der Waals surface area contributed by atoms with Crippen LogP contribution in [0.1, 0.15) is 0 Å². The summed E-state index contributed by atoms with van der Waals surface area (Å²) in [6.07, 6.45) is 0. The normalized spacial score (nSPS) is 11.8. The van der Waals surface area contributed by atoms with Gasteiger partial charge in [-0.15, -0.1) is 0 Å². The van der Waals surface area contributed by atoms with E-state index < -0.39 is 0 Å². The number of para-hydroxylation sites is 1. The molecule has 2 aromatic heterocycles. The Kier molecular flexibility index (Phi) is 6.55. The van der Waals surface area contributed by atoms with Crippen molar-refractivity contribution in [1.29, 1.82) is 0 Å². The highest BCUT2D eigenvalue weighted by Crippen LogP contribution is 2.44. The van der Waals surface area contributed by atoms with Gasteiger partial charge in [0.2, 0.25) is 0 Å². The van der Waals surface area contributed by atoms with Gasteiger partial charge < -0.3 is 13.7 Å². The third kappa shape index (κ3) is 4.75. The van der Waals surface area contributed by atoms with E-state index in [0.29, 0.717) is 0 Å². The number of benzene rings is 9. The van der Waals surface area contributed by atoms with Crippen LogP contribution >= 0.6 is 0 Å². The minimum Gasteiger partial charge on any atom is -0.456 e. The number of furan rings is 2. The molecule has 53 heavy (non-hydrogen) atoms. The van der Waals surface area contributed by atoms with Crippen LogP contribution in [-0.2, 0) is 0 Å². The van der Waals surface area contributed by atoms with E-state index in [2.05, 4.69) is 181 Å². The second kappa shape index (κ2) is 11.7. The fourth-order valence-corrected chi connectivity index (χ4v) is 8.15. The number of rotatable bonds is 5. The van der Waals surface area contributed by atoms with E-state index in [4.69, 9.17) is 8.83 Å². The van der Waals surface area contributed by atoms with E-state index in [1.54, 1.807) is 0 Å². The van der Waals surface area contributed by atoms with Crippen molar-refractivity contribution in [2.75, 3.05) is 4.90 Å². The number of fused-ring (bicyclic) bond motifs is 9. The molecule has 2 heterocycles. The van der Waals surface area contributed by atoms with E-state index >= 15 is 0 Å². The van der Waals surface area contributed by atoms with Gasteiger partial charge in [0, 0.05) is 43.7 Å². The van der Waals surface area contributed by atoms with Crippen LogP contribution in [0.25, 0.3) is 87.7 Å². The molecule has 11 rings (SSSR count). The molecule has 0 spiro atoms. The summed E-state index contributed by atoms with van der Waals surface area (Å²) in [6, 6.07) is 66.9. The molecular weight excluding hydrogens is 647 g/mol. The fraction of sp³-hybridized carbons (Fsp3) is 0. The molecule has 0 fully saturated rings. The SMILES string of the molecule is c1cc(-c2cccc3oc4c5ccccc5ccc4c23)cc(N(c2ccc(-c3ccc4oc5ccccc5c4c3)cc2)c2cccc3ccccc23)c1. The lowest BCUT2D eigenvalue weighted by molar-refractivity contribution is 0.669. The smallest absolute Gasteiger partial charge is 0.143 e. The maximum absolute atomic E-state index is 6.56. The molecule has 0 amide bonds. The highest BCUT2D eigenvalue weighted by molar-refractivity contribution is 6.19. The summed E-state index contributed by atoms with van der Waals surface area (Å²) in [4.78, 5) is 2.38. The molecule has 248 valence electrons. The van der Waals surface area contributed by atoms with Crippen LogP contribution < -0.4 is 4.90 Å². The molecule has 11 aromatic rings. The average Bonchev–Trinajstić information content (AvgIpc) is 3.80. The van der Waals surface area contributed by atoms with E-state index in [0.717, 1.165) is 88.6 Å². The van der Waals surface area contributed by atoms with Gasteiger partial charge in [-0.25, -0.2) is 0 Å². The van der Waals surface area contributed by atoms with Gasteiger partial charge >= 0.3 is 0 Å². The van der Waals surface area contributed by atoms with E-state index in [1.807, 2.05) is 12.1 Å². The predicted molar refractivity (Wildman–Crippen MR) is 222 cm³/mol. The van der Waals surface area contributed by atoms with Crippen LogP contribution in [0.3, 0.4) is 0 Å². The molecule has 9 aromatic carbocycles. The summed E-state index contributed by atoms with van der Waals surface area (Å²) < 4.78 is 12.7. The summed E-state index contributed by atoms with van der Waals surface area (Å²) in [7, 11) is 0. The molecule has 0 aliphatic carbocycles. The molecule has 0 N–H and O–H groups in total. The fourth-order valence-electron chi connectivity index (χ4n) is 8.15. The summed E-state index contributed by atoms with van der Waals surface area (Å²) in [6.45, 7) is 0. The molecule has 0 saturated carbocycles. The molecule has 0 radical (unpaired) electrons. The largest absolute Gasteiger partial charge is 0.456 e. The van der Waals surface area contributed by atoms with Gasteiger partial charge in [0.05, 0.1) is 5.69 Å². The third-order valence-corrected chi connectivity index (χ3v) is 10.6. The Morgan fingerprint density at radius 3 is 1.91 bits per heavy atom. The lowest BCUT2D eigenvalue weighted by Crippen LogP contribution is -2.10. The zero-order valence-electron chi connectivity index (χ0n) is 28.7. The van der Waals surface area contributed by atoms with Crippen molar-refractivity contribution in [2.45, 2.75) is 0 Å². The number of hydrogen-bond donors (Lipinski definition) is 0. The van der Waals surface area contributed by atoms with Crippen LogP contribution in [0.2, 0.25) is 0 Å². The molecule has 0 bridgehead atoms. The lowest BCUT2D eigenvalue weighted by Gasteiger charge is -2.27. The first-order chi connectivity index (χ1) is 26.3. The van der Waals surface area contributed by atoms with Crippen LogP contribution in [0.5, 0.6) is 0 Å². The Morgan fingerprint density at radius 2 is 1.02 bits per heavy atom. The molecule has 0 aliphatic rings. The number of anilines is 3. The highest BCUT2D eigenvalue weighted by Gasteiger charge is 2.19. The second-order valence-electron chi connectivity index (χ2n) is 13.7. The van der Waals surface area contributed by atoms with Gasteiger partial charge in [0.1, 0.15) is 22.3 Å². The first kappa shape index (κ1) is 29.6. The van der Waals surface area contributed by atoms with Gasteiger partial charge in [-0.05, 0) is 93.7 Å². The molecule has 3 heteroatoms. The summed E-state index contributed by atoms with van der Waals surface area (Å²) in [5.41, 5.74) is 11.5. The minimum absolute atomic E-state index is 0.891. The van der Waals surface area contributed by atoms with Crippen molar-refractivity contribution < 1.29 is 8.83 Å².